The molecule has 3 rings (SSSR count). The first-order valence-corrected chi connectivity index (χ1v) is 10.7. The molecule has 0 aromatic heterocycles. The van der Waals surface area contributed by atoms with Gasteiger partial charge in [-0.2, -0.15) is 0 Å². The predicted octanol–water partition coefficient (Wildman–Crippen LogP) is 5.84. The first-order chi connectivity index (χ1) is 12.4. The zero-order chi connectivity index (χ0) is 20.2. The summed E-state index contributed by atoms with van der Waals surface area (Å²) in [4.78, 5) is 12.1. The fraction of sp³-hybridized carbons (Fsp3) is 0.792. The van der Waals surface area contributed by atoms with E-state index in [4.69, 9.17) is 9.47 Å². The van der Waals surface area contributed by atoms with E-state index >= 15 is 0 Å². The van der Waals surface area contributed by atoms with Gasteiger partial charge in [0.05, 0.1) is 5.60 Å². The van der Waals surface area contributed by atoms with Gasteiger partial charge < -0.3 is 9.47 Å². The van der Waals surface area contributed by atoms with Crippen LogP contribution >= 0.6 is 0 Å². The fourth-order valence-corrected chi connectivity index (χ4v) is 6.56. The van der Waals surface area contributed by atoms with Crippen LogP contribution in [0.15, 0.2) is 23.3 Å². The summed E-state index contributed by atoms with van der Waals surface area (Å²) in [5.74, 6) is 1.59. The lowest BCUT2D eigenvalue weighted by Crippen LogP contribution is -2.59. The third kappa shape index (κ3) is 3.20. The Morgan fingerprint density at radius 3 is 2.48 bits per heavy atom. The maximum Gasteiger partial charge on any atom is 0.303 e. The molecule has 0 aromatic carbocycles. The minimum Gasteiger partial charge on any atom is -0.456 e. The molecule has 1 fully saturated rings. The first-order valence-electron chi connectivity index (χ1n) is 10.7. The van der Waals surface area contributed by atoms with Crippen LogP contribution in [0, 0.1) is 23.7 Å². The van der Waals surface area contributed by atoms with Crippen molar-refractivity contribution in [3.63, 3.8) is 0 Å². The standard InChI is InChI=1S/C24H38O3/c1-15(2)19-12-11-17(4)20-21(19)24(8)23(7,26-18(5)25)13-9-10-16(3)14-22(20,6)27-24/h10-11,15,19-21H,9,12-14H2,1-8H3/b16-10-/t19-,20?,21?,22+,23-,24+/m1/s1. The van der Waals surface area contributed by atoms with E-state index in [0.29, 0.717) is 23.7 Å². The van der Waals surface area contributed by atoms with Gasteiger partial charge in [0, 0.05) is 18.8 Å². The maximum absolute atomic E-state index is 12.1. The SMILES string of the molecule is CC(=O)O[C@]1(C)CC/C=C(/C)C[C@]2(C)O[C@@]1(C)C1C2C(C)=CC[C@@H]1C(C)C. The minimum atomic E-state index is -0.634. The van der Waals surface area contributed by atoms with Crippen LogP contribution in [-0.2, 0) is 14.3 Å². The molecular weight excluding hydrogens is 336 g/mol. The summed E-state index contributed by atoms with van der Waals surface area (Å²) in [6.07, 6.45) is 8.50. The maximum atomic E-state index is 12.1. The van der Waals surface area contributed by atoms with Gasteiger partial charge in [-0.1, -0.05) is 37.1 Å². The summed E-state index contributed by atoms with van der Waals surface area (Å²) in [5.41, 5.74) is 1.43. The Kier molecular flexibility index (Phi) is 5.16. The molecule has 3 aliphatic rings. The molecule has 0 amide bonds. The van der Waals surface area contributed by atoms with Gasteiger partial charge in [-0.25, -0.2) is 0 Å². The second-order valence-corrected chi connectivity index (χ2v) is 10.2. The molecule has 3 heteroatoms. The second-order valence-electron chi connectivity index (χ2n) is 10.2. The van der Waals surface area contributed by atoms with E-state index in [1.807, 2.05) is 0 Å². The lowest BCUT2D eigenvalue weighted by molar-refractivity contribution is -0.222. The van der Waals surface area contributed by atoms with Crippen molar-refractivity contribution in [3.05, 3.63) is 23.3 Å². The average Bonchev–Trinajstić information content (AvgIpc) is 2.77. The molecule has 0 aromatic rings. The highest BCUT2D eigenvalue weighted by atomic mass is 16.6. The van der Waals surface area contributed by atoms with Crippen molar-refractivity contribution in [1.82, 2.24) is 0 Å². The molecule has 0 radical (unpaired) electrons. The Bertz CT molecular complexity index is 675. The molecule has 1 aliphatic carbocycles. The van der Waals surface area contributed by atoms with Crippen LogP contribution in [0.2, 0.25) is 0 Å². The molecule has 2 aliphatic heterocycles. The number of hydrogen-bond donors (Lipinski definition) is 0. The molecule has 2 bridgehead atoms. The summed E-state index contributed by atoms with van der Waals surface area (Å²) < 4.78 is 13.2. The highest BCUT2D eigenvalue weighted by molar-refractivity contribution is 5.66. The quantitative estimate of drug-likeness (QED) is 0.450. The number of fused-ring (bicyclic) bond motifs is 5. The van der Waals surface area contributed by atoms with Gasteiger partial charge in [-0.3, -0.25) is 4.79 Å². The number of ether oxygens (including phenoxy) is 2. The fourth-order valence-electron chi connectivity index (χ4n) is 6.56. The zero-order valence-corrected chi connectivity index (χ0v) is 18.5. The van der Waals surface area contributed by atoms with Gasteiger partial charge >= 0.3 is 5.97 Å². The van der Waals surface area contributed by atoms with Crippen molar-refractivity contribution < 1.29 is 14.3 Å². The van der Waals surface area contributed by atoms with Crippen molar-refractivity contribution in [2.24, 2.45) is 23.7 Å². The van der Waals surface area contributed by atoms with Crippen LogP contribution in [-0.4, -0.2) is 22.8 Å². The normalized spacial score (nSPS) is 46.5. The smallest absolute Gasteiger partial charge is 0.303 e. The number of allylic oxidation sites excluding steroid dienone is 2. The zero-order valence-electron chi connectivity index (χ0n) is 18.5. The van der Waals surface area contributed by atoms with E-state index in [2.05, 4.69) is 60.6 Å². The second kappa shape index (κ2) is 6.76. The van der Waals surface area contributed by atoms with Crippen LogP contribution in [0.25, 0.3) is 0 Å². The van der Waals surface area contributed by atoms with E-state index in [9.17, 15) is 4.79 Å². The number of carbonyl (C=O) groups is 1. The van der Waals surface area contributed by atoms with Crippen LogP contribution in [0.4, 0.5) is 0 Å². The molecular formula is C24H38O3. The van der Waals surface area contributed by atoms with E-state index in [1.165, 1.54) is 18.1 Å². The Hall–Kier alpha value is -1.09. The van der Waals surface area contributed by atoms with E-state index in [-0.39, 0.29) is 11.6 Å². The number of esters is 1. The Balaban J connectivity index is 2.22. The third-order valence-electron chi connectivity index (χ3n) is 7.78. The first kappa shape index (κ1) is 20.6. The molecule has 1 saturated heterocycles. The monoisotopic (exact) mass is 374 g/mol. The molecule has 6 atom stereocenters. The average molecular weight is 375 g/mol. The topological polar surface area (TPSA) is 35.5 Å². The number of carbonyl (C=O) groups excluding carboxylic acids is 1. The summed E-state index contributed by atoms with van der Waals surface area (Å²) in [6, 6.07) is 0. The van der Waals surface area contributed by atoms with Crippen molar-refractivity contribution >= 4 is 5.97 Å². The molecule has 2 unspecified atom stereocenters. The molecule has 0 spiro atoms. The molecule has 0 N–H and O–H groups in total. The Morgan fingerprint density at radius 1 is 1.22 bits per heavy atom. The van der Waals surface area contributed by atoms with Crippen molar-refractivity contribution in [1.29, 1.82) is 0 Å². The summed E-state index contributed by atoms with van der Waals surface area (Å²) in [6.45, 7) is 17.3. The highest BCUT2D eigenvalue weighted by Crippen LogP contribution is 2.63. The van der Waals surface area contributed by atoms with E-state index in [1.54, 1.807) is 0 Å². The summed E-state index contributed by atoms with van der Waals surface area (Å²) in [5, 5.41) is 0. The lowest BCUT2D eigenvalue weighted by Gasteiger charge is -2.50. The minimum absolute atomic E-state index is 0.211. The van der Waals surface area contributed by atoms with Crippen LogP contribution in [0.3, 0.4) is 0 Å². The predicted molar refractivity (Wildman–Crippen MR) is 109 cm³/mol. The lowest BCUT2D eigenvalue weighted by atomic mass is 9.56. The van der Waals surface area contributed by atoms with Gasteiger partial charge in [-0.05, 0) is 72.1 Å². The summed E-state index contributed by atoms with van der Waals surface area (Å²) >= 11 is 0. The largest absolute Gasteiger partial charge is 0.456 e. The highest BCUT2D eigenvalue weighted by Gasteiger charge is 2.68. The van der Waals surface area contributed by atoms with Crippen molar-refractivity contribution in [2.75, 3.05) is 0 Å². The summed E-state index contributed by atoms with van der Waals surface area (Å²) in [7, 11) is 0. The molecule has 27 heavy (non-hydrogen) atoms. The van der Waals surface area contributed by atoms with Crippen LogP contribution in [0.1, 0.15) is 81.1 Å². The van der Waals surface area contributed by atoms with Gasteiger partial charge in [0.1, 0.15) is 11.2 Å². The molecule has 2 heterocycles. The van der Waals surface area contributed by atoms with Crippen molar-refractivity contribution in [3.8, 4) is 0 Å². The van der Waals surface area contributed by atoms with E-state index in [0.717, 1.165) is 25.7 Å². The van der Waals surface area contributed by atoms with Gasteiger partial charge in [-0.15, -0.1) is 0 Å². The Morgan fingerprint density at radius 2 is 1.89 bits per heavy atom. The number of hydrogen-bond acceptors (Lipinski definition) is 3. The van der Waals surface area contributed by atoms with Gasteiger partial charge in [0.25, 0.3) is 0 Å². The molecule has 152 valence electrons. The third-order valence-corrected chi connectivity index (χ3v) is 7.78. The van der Waals surface area contributed by atoms with Crippen molar-refractivity contribution in [2.45, 2.75) is 97.9 Å². The van der Waals surface area contributed by atoms with Gasteiger partial charge in [0.2, 0.25) is 0 Å². The molecule has 0 saturated carbocycles. The van der Waals surface area contributed by atoms with Gasteiger partial charge in [0.15, 0.2) is 0 Å². The molecule has 3 nitrogen and oxygen atoms in total. The Labute approximate surface area is 165 Å². The van der Waals surface area contributed by atoms with Crippen LogP contribution in [0.5, 0.6) is 0 Å². The number of rotatable bonds is 2. The van der Waals surface area contributed by atoms with Crippen LogP contribution < -0.4 is 0 Å². The van der Waals surface area contributed by atoms with E-state index < -0.39 is 11.2 Å².